The molecule has 0 radical (unpaired) electrons. The van der Waals surface area contributed by atoms with Crippen LogP contribution in [0.3, 0.4) is 0 Å². The Morgan fingerprint density at radius 1 is 1.20 bits per heavy atom. The number of carbonyl (C=O) groups is 1. The van der Waals surface area contributed by atoms with E-state index in [1.807, 2.05) is 0 Å². The molecule has 25 heavy (non-hydrogen) atoms. The topological polar surface area (TPSA) is 110 Å². The normalized spacial score (nSPS) is 10.9. The van der Waals surface area contributed by atoms with Crippen molar-refractivity contribution in [3.05, 3.63) is 92.5 Å². The number of rotatable bonds is 5. The van der Waals surface area contributed by atoms with Crippen LogP contribution < -0.4 is 10.3 Å². The van der Waals surface area contributed by atoms with Gasteiger partial charge in [0.05, 0.1) is 4.92 Å². The first-order chi connectivity index (χ1) is 12.0. The van der Waals surface area contributed by atoms with Gasteiger partial charge in [0.1, 0.15) is 0 Å². The van der Waals surface area contributed by atoms with Gasteiger partial charge in [0.25, 0.3) is 11.9 Å². The van der Waals surface area contributed by atoms with E-state index in [-0.39, 0.29) is 11.5 Å². The predicted molar refractivity (Wildman–Crippen MR) is 87.3 cm³/mol. The van der Waals surface area contributed by atoms with E-state index in [4.69, 9.17) is 0 Å². The number of nitro groups is 1. The monoisotopic (exact) mass is 338 g/mol. The lowest BCUT2D eigenvalue weighted by molar-refractivity contribution is -0.670. The molecule has 2 aromatic carbocycles. The molecule has 0 amide bonds. The van der Waals surface area contributed by atoms with Gasteiger partial charge in [-0.25, -0.2) is 4.79 Å². The Labute approximate surface area is 140 Å². The summed E-state index contributed by atoms with van der Waals surface area (Å²) in [6.45, 7) is 0. The number of carbonyl (C=O) groups excluding carboxylic acids is 1. The number of nitro benzene ring substituents is 1. The van der Waals surface area contributed by atoms with E-state index < -0.39 is 10.5 Å². The zero-order chi connectivity index (χ0) is 17.8. The maximum atomic E-state index is 12.2. The quantitative estimate of drug-likeness (QED) is 0.252. The summed E-state index contributed by atoms with van der Waals surface area (Å²) in [6, 6.07) is 12.5. The highest BCUT2D eigenvalue weighted by Gasteiger charge is 2.11. The number of benzene rings is 2. The van der Waals surface area contributed by atoms with Gasteiger partial charge in [-0.15, -0.1) is 0 Å². The van der Waals surface area contributed by atoms with E-state index in [0.29, 0.717) is 16.8 Å². The van der Waals surface area contributed by atoms with Gasteiger partial charge in [-0.3, -0.25) is 19.4 Å². The molecule has 1 N–H and O–H groups in total. The van der Waals surface area contributed by atoms with E-state index in [9.17, 15) is 19.7 Å². The summed E-state index contributed by atoms with van der Waals surface area (Å²) in [4.78, 5) is 33.4. The van der Waals surface area contributed by atoms with Crippen molar-refractivity contribution in [2.45, 2.75) is 0 Å². The molecule has 3 aromatic rings. The minimum atomic E-state index is -0.514. The van der Waals surface area contributed by atoms with E-state index >= 15 is 0 Å². The van der Waals surface area contributed by atoms with Crippen LogP contribution in [0.25, 0.3) is 11.8 Å². The first kappa shape index (κ1) is 16.1. The molecule has 8 nitrogen and oxygen atoms in total. The lowest BCUT2D eigenvalue weighted by Gasteiger charge is -1.97. The molecule has 0 unspecified atom stereocenters. The van der Waals surface area contributed by atoms with Crippen LogP contribution in [0.15, 0.2) is 70.1 Å². The van der Waals surface area contributed by atoms with Crippen LogP contribution >= 0.6 is 0 Å². The van der Waals surface area contributed by atoms with E-state index in [1.165, 1.54) is 35.2 Å². The van der Waals surface area contributed by atoms with Gasteiger partial charge in [0.2, 0.25) is 5.69 Å². The van der Waals surface area contributed by atoms with Crippen molar-refractivity contribution in [2.24, 2.45) is 0 Å². The highest BCUT2D eigenvalue weighted by molar-refractivity contribution is 6.06. The average molecular weight is 338 g/mol. The molecule has 0 aliphatic heterocycles. The number of H-pyrrole nitrogens is 1. The second-order valence-corrected chi connectivity index (χ2v) is 5.11. The summed E-state index contributed by atoms with van der Waals surface area (Å²) in [5, 5.41) is 13.2. The maximum Gasteiger partial charge on any atom is 0.427 e. The zero-order valence-corrected chi connectivity index (χ0v) is 12.8. The number of hydrogen-bond donors (Lipinski definition) is 1. The van der Waals surface area contributed by atoms with E-state index in [0.717, 1.165) is 0 Å². The number of nitrogens with zero attached hydrogens (tertiary/aromatic N) is 2. The Bertz CT molecular complexity index is 1020. The smallest absolute Gasteiger partial charge is 0.289 e. The SMILES string of the molecule is O=C(/C=C/c1cccc([N+](=O)[O-])c1)c1ccc(-[n+]2cc(=O)o[nH]2)cc1. The molecule has 0 bridgehead atoms. The molecular weight excluding hydrogens is 326 g/mol. The summed E-state index contributed by atoms with van der Waals surface area (Å²) in [7, 11) is 0. The molecule has 0 aliphatic carbocycles. The molecule has 0 atom stereocenters. The van der Waals surface area contributed by atoms with Gasteiger partial charge >= 0.3 is 5.63 Å². The van der Waals surface area contributed by atoms with Gasteiger partial charge in [0.15, 0.2) is 5.78 Å². The second kappa shape index (κ2) is 6.75. The maximum absolute atomic E-state index is 12.2. The summed E-state index contributed by atoms with van der Waals surface area (Å²) >= 11 is 0. The Balaban J connectivity index is 1.76. The van der Waals surface area contributed by atoms with Crippen molar-refractivity contribution in [3.8, 4) is 5.69 Å². The first-order valence-electron chi connectivity index (χ1n) is 7.20. The fourth-order valence-corrected chi connectivity index (χ4v) is 2.18. The zero-order valence-electron chi connectivity index (χ0n) is 12.8. The minimum absolute atomic E-state index is 0.0370. The molecule has 0 spiro atoms. The molecule has 0 saturated heterocycles. The van der Waals surface area contributed by atoms with Gasteiger partial charge in [-0.1, -0.05) is 18.2 Å². The number of allylic oxidation sites excluding steroid dienone is 1. The van der Waals surface area contributed by atoms with Gasteiger partial charge in [-0.05, 0) is 33.7 Å². The molecule has 1 aromatic heterocycles. The Hall–Kier alpha value is -3.81. The standard InChI is InChI=1S/C17H11N3O5/c21-16(9-4-12-2-1-3-15(10-12)20(23)24)13-5-7-14(8-6-13)19-11-17(22)25-18-19/h1-11H/p+1/b9-4+. The van der Waals surface area contributed by atoms with Crippen LogP contribution in [0.5, 0.6) is 0 Å². The minimum Gasteiger partial charge on any atom is -0.289 e. The van der Waals surface area contributed by atoms with Gasteiger partial charge < -0.3 is 0 Å². The fraction of sp³-hybridized carbons (Fsp3) is 0. The highest BCUT2D eigenvalue weighted by atomic mass is 16.6. The molecule has 3 rings (SSSR count). The second-order valence-electron chi connectivity index (χ2n) is 5.11. The lowest BCUT2D eigenvalue weighted by atomic mass is 10.1. The van der Waals surface area contributed by atoms with E-state index in [2.05, 4.69) is 9.79 Å². The molecule has 8 heteroatoms. The Morgan fingerprint density at radius 2 is 1.96 bits per heavy atom. The van der Waals surface area contributed by atoms with Crippen LogP contribution in [-0.2, 0) is 0 Å². The molecule has 0 aliphatic rings. The summed E-state index contributed by atoms with van der Waals surface area (Å²) in [5.41, 5.74) is 1.08. The van der Waals surface area contributed by atoms with Gasteiger partial charge in [-0.2, -0.15) is 0 Å². The average Bonchev–Trinajstić information content (AvgIpc) is 3.06. The number of aromatic amines is 1. The molecular formula is C17H12N3O5+. The summed E-state index contributed by atoms with van der Waals surface area (Å²) < 4.78 is 5.95. The largest absolute Gasteiger partial charge is 0.427 e. The number of ketones is 1. The van der Waals surface area contributed by atoms with Crippen LogP contribution in [0.2, 0.25) is 0 Å². The fourth-order valence-electron chi connectivity index (χ4n) is 2.18. The van der Waals surface area contributed by atoms with Crippen molar-refractivity contribution in [1.29, 1.82) is 0 Å². The summed E-state index contributed by atoms with van der Waals surface area (Å²) in [5.74, 6) is -0.247. The third-order valence-electron chi connectivity index (χ3n) is 3.42. The molecule has 124 valence electrons. The number of nitrogens with one attached hydrogen (secondary N) is 1. The van der Waals surface area contributed by atoms with Crippen molar-refractivity contribution in [2.75, 3.05) is 0 Å². The van der Waals surface area contributed by atoms with Crippen molar-refractivity contribution >= 4 is 17.5 Å². The van der Waals surface area contributed by atoms with Crippen molar-refractivity contribution in [1.82, 2.24) is 5.27 Å². The highest BCUT2D eigenvalue weighted by Crippen LogP contribution is 2.14. The molecule has 0 saturated carbocycles. The Morgan fingerprint density at radius 3 is 2.60 bits per heavy atom. The number of non-ortho nitro benzene ring substituents is 1. The Kier molecular flexibility index (Phi) is 4.34. The van der Waals surface area contributed by atoms with Crippen molar-refractivity contribution < 1.29 is 18.9 Å². The van der Waals surface area contributed by atoms with Crippen molar-refractivity contribution in [3.63, 3.8) is 0 Å². The lowest BCUT2D eigenvalue weighted by Crippen LogP contribution is -2.32. The van der Waals surface area contributed by atoms with Crippen LogP contribution in [-0.4, -0.2) is 16.0 Å². The van der Waals surface area contributed by atoms with Gasteiger partial charge in [0, 0.05) is 29.8 Å². The van der Waals surface area contributed by atoms with E-state index in [1.54, 1.807) is 36.4 Å². The van der Waals surface area contributed by atoms with Crippen LogP contribution in [0.1, 0.15) is 15.9 Å². The number of aromatic nitrogens is 2. The third-order valence-corrected chi connectivity index (χ3v) is 3.42. The molecule has 0 fully saturated rings. The first-order valence-corrected chi connectivity index (χ1v) is 7.20. The summed E-state index contributed by atoms with van der Waals surface area (Å²) in [6.07, 6.45) is 4.10. The van der Waals surface area contributed by atoms with Crippen LogP contribution in [0.4, 0.5) is 5.69 Å². The molecule has 1 heterocycles. The number of hydrogen-bond acceptors (Lipinski definition) is 5. The predicted octanol–water partition coefficient (Wildman–Crippen LogP) is 2.05. The van der Waals surface area contributed by atoms with Crippen LogP contribution in [0, 0.1) is 10.1 Å². The third kappa shape index (κ3) is 3.75.